The summed E-state index contributed by atoms with van der Waals surface area (Å²) in [5.74, 6) is -0.136. The molecular weight excluding hydrogens is 333 g/mol. The molecular formula is C17H17Cl2N3O. The first-order valence-corrected chi connectivity index (χ1v) is 8.36. The molecule has 0 aliphatic heterocycles. The molecule has 1 aromatic heterocycles. The van der Waals surface area contributed by atoms with Crippen LogP contribution in [0.25, 0.3) is 0 Å². The Morgan fingerprint density at radius 3 is 2.65 bits per heavy atom. The summed E-state index contributed by atoms with van der Waals surface area (Å²) in [6.45, 7) is 0. The van der Waals surface area contributed by atoms with E-state index in [0.717, 1.165) is 24.2 Å². The van der Waals surface area contributed by atoms with Crippen molar-refractivity contribution in [2.75, 3.05) is 5.32 Å². The Morgan fingerprint density at radius 2 is 1.91 bits per heavy atom. The Hall–Kier alpha value is -1.78. The molecule has 23 heavy (non-hydrogen) atoms. The van der Waals surface area contributed by atoms with Gasteiger partial charge in [-0.2, -0.15) is 0 Å². The summed E-state index contributed by atoms with van der Waals surface area (Å²) < 4.78 is 0. The van der Waals surface area contributed by atoms with Crippen LogP contribution in [-0.4, -0.2) is 16.9 Å². The van der Waals surface area contributed by atoms with Crippen molar-refractivity contribution in [3.8, 4) is 0 Å². The number of nitrogens with zero attached hydrogens (tertiary/aromatic N) is 1. The van der Waals surface area contributed by atoms with Gasteiger partial charge in [0, 0.05) is 22.9 Å². The third-order valence-electron chi connectivity index (χ3n) is 3.89. The minimum Gasteiger partial charge on any atom is -0.354 e. The maximum Gasteiger partial charge on any atom is 0.270 e. The Kier molecular flexibility index (Phi) is 5.03. The van der Waals surface area contributed by atoms with Crippen molar-refractivity contribution in [1.29, 1.82) is 0 Å². The Morgan fingerprint density at radius 1 is 1.13 bits per heavy atom. The van der Waals surface area contributed by atoms with Gasteiger partial charge in [-0.3, -0.25) is 9.78 Å². The number of carbonyl (C=O) groups excluding carboxylic acids is 1. The molecule has 0 unspecified atom stereocenters. The van der Waals surface area contributed by atoms with Gasteiger partial charge in [0.25, 0.3) is 5.91 Å². The zero-order chi connectivity index (χ0) is 16.2. The summed E-state index contributed by atoms with van der Waals surface area (Å²) >= 11 is 12.0. The molecule has 1 aromatic carbocycles. The van der Waals surface area contributed by atoms with Crippen molar-refractivity contribution in [3.63, 3.8) is 0 Å². The molecule has 4 nitrogen and oxygen atoms in total. The number of nitrogens with one attached hydrogen (secondary N) is 2. The van der Waals surface area contributed by atoms with Crippen LogP contribution in [0.2, 0.25) is 10.0 Å². The van der Waals surface area contributed by atoms with Gasteiger partial charge >= 0.3 is 0 Å². The molecule has 0 atom stereocenters. The van der Waals surface area contributed by atoms with E-state index in [-0.39, 0.29) is 11.9 Å². The summed E-state index contributed by atoms with van der Waals surface area (Å²) in [4.78, 5) is 16.4. The molecule has 1 aliphatic carbocycles. The van der Waals surface area contributed by atoms with E-state index in [0.29, 0.717) is 15.7 Å². The molecule has 0 radical (unpaired) electrons. The van der Waals surface area contributed by atoms with Crippen LogP contribution < -0.4 is 10.6 Å². The lowest BCUT2D eigenvalue weighted by Gasteiger charge is -2.13. The summed E-state index contributed by atoms with van der Waals surface area (Å²) in [6.07, 6.45) is 6.05. The van der Waals surface area contributed by atoms with E-state index in [4.69, 9.17) is 23.2 Å². The maximum absolute atomic E-state index is 12.3. The van der Waals surface area contributed by atoms with E-state index in [1.54, 1.807) is 36.5 Å². The highest BCUT2D eigenvalue weighted by Crippen LogP contribution is 2.28. The minimum absolute atomic E-state index is 0.136. The molecule has 1 fully saturated rings. The smallest absolute Gasteiger partial charge is 0.270 e. The predicted molar refractivity (Wildman–Crippen MR) is 93.7 cm³/mol. The van der Waals surface area contributed by atoms with Crippen LogP contribution in [0.4, 0.5) is 11.4 Å². The van der Waals surface area contributed by atoms with E-state index >= 15 is 0 Å². The number of halogens is 2. The average molecular weight is 350 g/mol. The molecule has 120 valence electrons. The first-order chi connectivity index (χ1) is 11.1. The van der Waals surface area contributed by atoms with E-state index in [2.05, 4.69) is 15.6 Å². The van der Waals surface area contributed by atoms with Crippen molar-refractivity contribution >= 4 is 40.5 Å². The quantitative estimate of drug-likeness (QED) is 0.832. The Labute approximate surface area is 145 Å². The molecule has 1 aliphatic rings. The number of pyridine rings is 1. The second-order valence-electron chi connectivity index (χ2n) is 5.63. The molecule has 0 spiro atoms. The van der Waals surface area contributed by atoms with Crippen molar-refractivity contribution < 1.29 is 4.79 Å². The van der Waals surface area contributed by atoms with Gasteiger partial charge in [-0.15, -0.1) is 0 Å². The van der Waals surface area contributed by atoms with Gasteiger partial charge in [-0.1, -0.05) is 36.0 Å². The van der Waals surface area contributed by atoms with Crippen LogP contribution in [0.15, 0.2) is 36.5 Å². The number of rotatable bonds is 4. The maximum atomic E-state index is 12.3. The van der Waals surface area contributed by atoms with Crippen molar-refractivity contribution in [3.05, 3.63) is 52.3 Å². The highest BCUT2D eigenvalue weighted by Gasteiger charge is 2.18. The lowest BCUT2D eigenvalue weighted by atomic mass is 10.2. The van der Waals surface area contributed by atoms with Gasteiger partial charge in [-0.25, -0.2) is 0 Å². The molecule has 0 saturated heterocycles. The lowest BCUT2D eigenvalue weighted by molar-refractivity contribution is 0.0933. The van der Waals surface area contributed by atoms with Crippen molar-refractivity contribution in [2.45, 2.75) is 31.7 Å². The predicted octanol–water partition coefficient (Wildman–Crippen LogP) is 4.80. The second kappa shape index (κ2) is 7.20. The zero-order valence-corrected chi connectivity index (χ0v) is 14.0. The van der Waals surface area contributed by atoms with Crippen LogP contribution in [0.1, 0.15) is 36.2 Å². The fourth-order valence-corrected chi connectivity index (χ4v) is 3.16. The fraction of sp³-hybridized carbons (Fsp3) is 0.294. The minimum atomic E-state index is -0.136. The monoisotopic (exact) mass is 349 g/mol. The normalized spacial score (nSPS) is 14.7. The standard InChI is InChI=1S/C17H17Cl2N3O/c18-11-5-6-15(14(19)9-11)21-13-7-8-20-16(10-13)17(23)22-12-3-1-2-4-12/h5-10,12H,1-4H2,(H,20,21)(H,22,23). The zero-order valence-electron chi connectivity index (χ0n) is 12.5. The van der Waals surface area contributed by atoms with Gasteiger partial charge < -0.3 is 10.6 Å². The number of carbonyl (C=O) groups is 1. The summed E-state index contributed by atoms with van der Waals surface area (Å²) in [7, 11) is 0. The Balaban J connectivity index is 1.72. The molecule has 2 aromatic rings. The highest BCUT2D eigenvalue weighted by molar-refractivity contribution is 6.36. The number of hydrogen-bond acceptors (Lipinski definition) is 3. The van der Waals surface area contributed by atoms with E-state index in [1.165, 1.54) is 12.8 Å². The van der Waals surface area contributed by atoms with Crippen LogP contribution in [-0.2, 0) is 0 Å². The van der Waals surface area contributed by atoms with E-state index < -0.39 is 0 Å². The van der Waals surface area contributed by atoms with Gasteiger partial charge in [0.2, 0.25) is 0 Å². The van der Waals surface area contributed by atoms with Crippen LogP contribution >= 0.6 is 23.2 Å². The summed E-state index contributed by atoms with van der Waals surface area (Å²) in [6, 6.07) is 8.99. The van der Waals surface area contributed by atoms with Crippen LogP contribution in [0.3, 0.4) is 0 Å². The third-order valence-corrected chi connectivity index (χ3v) is 4.44. The molecule has 1 saturated carbocycles. The second-order valence-corrected chi connectivity index (χ2v) is 6.48. The largest absolute Gasteiger partial charge is 0.354 e. The Bertz CT molecular complexity index is 715. The van der Waals surface area contributed by atoms with Gasteiger partial charge in [0.05, 0.1) is 10.7 Å². The summed E-state index contributed by atoms with van der Waals surface area (Å²) in [5, 5.41) is 7.31. The highest BCUT2D eigenvalue weighted by atomic mass is 35.5. The van der Waals surface area contributed by atoms with E-state index in [1.807, 2.05) is 0 Å². The van der Waals surface area contributed by atoms with Crippen molar-refractivity contribution in [1.82, 2.24) is 10.3 Å². The first-order valence-electron chi connectivity index (χ1n) is 7.61. The first kappa shape index (κ1) is 16.1. The molecule has 1 heterocycles. The van der Waals surface area contributed by atoms with Crippen LogP contribution in [0, 0.1) is 0 Å². The fourth-order valence-electron chi connectivity index (χ4n) is 2.71. The number of benzene rings is 1. The SMILES string of the molecule is O=C(NC1CCCC1)c1cc(Nc2ccc(Cl)cc2Cl)ccn1. The lowest BCUT2D eigenvalue weighted by Crippen LogP contribution is -2.33. The molecule has 2 N–H and O–H groups in total. The van der Waals surface area contributed by atoms with Gasteiger partial charge in [0.1, 0.15) is 5.69 Å². The number of hydrogen-bond donors (Lipinski definition) is 2. The van der Waals surface area contributed by atoms with Crippen molar-refractivity contribution in [2.24, 2.45) is 0 Å². The molecule has 6 heteroatoms. The molecule has 3 rings (SSSR count). The average Bonchev–Trinajstić information content (AvgIpc) is 3.03. The van der Waals surface area contributed by atoms with Crippen LogP contribution in [0.5, 0.6) is 0 Å². The molecule has 0 bridgehead atoms. The number of aromatic nitrogens is 1. The third kappa shape index (κ3) is 4.15. The van der Waals surface area contributed by atoms with E-state index in [9.17, 15) is 4.79 Å². The summed E-state index contributed by atoms with van der Waals surface area (Å²) in [5.41, 5.74) is 1.87. The van der Waals surface area contributed by atoms with Gasteiger partial charge in [0.15, 0.2) is 0 Å². The van der Waals surface area contributed by atoms with Gasteiger partial charge in [-0.05, 0) is 43.2 Å². The number of anilines is 2. The molecule has 1 amide bonds. The number of amides is 1. The topological polar surface area (TPSA) is 54.0 Å².